The lowest BCUT2D eigenvalue weighted by molar-refractivity contribution is -0.161. The van der Waals surface area contributed by atoms with Crippen LogP contribution in [0.3, 0.4) is 0 Å². The molecular formula is C28H34N2O5S. The lowest BCUT2D eigenvalue weighted by atomic mass is 10.0. The van der Waals surface area contributed by atoms with Crippen LogP contribution in [0.2, 0.25) is 0 Å². The zero-order valence-corrected chi connectivity index (χ0v) is 22.3. The molecule has 1 aromatic heterocycles. The van der Waals surface area contributed by atoms with Crippen LogP contribution in [0.4, 0.5) is 0 Å². The molecule has 0 amide bonds. The second-order valence-electron chi connectivity index (χ2n) is 10.4. The number of carbonyl (C=O) groups is 1. The molecule has 1 heterocycles. The molecule has 7 nitrogen and oxygen atoms in total. The predicted octanol–water partition coefficient (Wildman–Crippen LogP) is 5.25. The number of carbonyl (C=O) groups excluding carboxylic acids is 1. The molecule has 0 unspecified atom stereocenters. The van der Waals surface area contributed by atoms with Crippen molar-refractivity contribution in [2.24, 2.45) is 5.92 Å². The third kappa shape index (κ3) is 5.71. The molecule has 4 rings (SSSR count). The lowest BCUT2D eigenvalue weighted by Gasteiger charge is -2.30. The van der Waals surface area contributed by atoms with E-state index in [4.69, 9.17) is 9.47 Å². The second kappa shape index (κ2) is 10.2. The fraction of sp³-hybridized carbons (Fsp3) is 0.429. The summed E-state index contributed by atoms with van der Waals surface area (Å²) in [5.41, 5.74) is 2.23. The number of nitrogens with zero attached hydrogens (tertiary/aromatic N) is 2. The van der Waals surface area contributed by atoms with E-state index in [9.17, 15) is 13.2 Å². The van der Waals surface area contributed by atoms with E-state index in [0.29, 0.717) is 25.2 Å². The van der Waals surface area contributed by atoms with Crippen LogP contribution in [0.5, 0.6) is 5.75 Å². The van der Waals surface area contributed by atoms with Crippen molar-refractivity contribution in [2.75, 3.05) is 7.05 Å². The van der Waals surface area contributed by atoms with Gasteiger partial charge in [-0.3, -0.25) is 9.78 Å². The van der Waals surface area contributed by atoms with Crippen LogP contribution in [-0.2, 0) is 26.2 Å². The van der Waals surface area contributed by atoms with Gasteiger partial charge in [0.2, 0.25) is 10.0 Å². The largest absolute Gasteiger partial charge is 0.489 e. The van der Waals surface area contributed by atoms with Crippen LogP contribution in [0.15, 0.2) is 59.5 Å². The van der Waals surface area contributed by atoms with E-state index < -0.39 is 27.6 Å². The summed E-state index contributed by atoms with van der Waals surface area (Å²) in [5, 5.41) is 1.03. The van der Waals surface area contributed by atoms with Gasteiger partial charge in [-0.1, -0.05) is 24.6 Å². The number of sulfonamides is 1. The molecule has 8 heteroatoms. The van der Waals surface area contributed by atoms with Gasteiger partial charge in [0.15, 0.2) is 0 Å². The van der Waals surface area contributed by atoms with E-state index in [0.717, 1.165) is 28.6 Å². The van der Waals surface area contributed by atoms with Crippen LogP contribution in [-0.4, -0.2) is 42.4 Å². The number of aromatic nitrogens is 1. The third-order valence-corrected chi connectivity index (χ3v) is 8.38. The van der Waals surface area contributed by atoms with Gasteiger partial charge in [-0.25, -0.2) is 8.42 Å². The Labute approximate surface area is 213 Å². The first kappa shape index (κ1) is 26.1. The Morgan fingerprint density at radius 2 is 1.78 bits per heavy atom. The number of hydrogen-bond donors (Lipinski definition) is 0. The predicted molar refractivity (Wildman–Crippen MR) is 139 cm³/mol. The van der Waals surface area contributed by atoms with Crippen molar-refractivity contribution in [1.82, 2.24) is 9.29 Å². The fourth-order valence-electron chi connectivity index (χ4n) is 4.76. The minimum atomic E-state index is -3.79. The molecule has 0 radical (unpaired) electrons. The van der Waals surface area contributed by atoms with Crippen LogP contribution < -0.4 is 4.74 Å². The summed E-state index contributed by atoms with van der Waals surface area (Å²) < 4.78 is 39.6. The number of ether oxygens (including phenoxy) is 2. The Balaban J connectivity index is 1.46. The number of hydrogen-bond acceptors (Lipinski definition) is 6. The van der Waals surface area contributed by atoms with Crippen molar-refractivity contribution < 1.29 is 22.7 Å². The molecular weight excluding hydrogens is 476 g/mol. The van der Waals surface area contributed by atoms with Gasteiger partial charge in [0.25, 0.3) is 0 Å². The molecule has 2 aromatic carbocycles. The number of benzene rings is 2. The minimum absolute atomic E-state index is 0.164. The van der Waals surface area contributed by atoms with Crippen LogP contribution in [0, 0.1) is 12.8 Å². The average Bonchev–Trinajstić information content (AvgIpc) is 3.31. The molecule has 1 aliphatic rings. The van der Waals surface area contributed by atoms with E-state index in [1.165, 1.54) is 4.31 Å². The number of para-hydroxylation sites is 1. The average molecular weight is 511 g/mol. The highest BCUT2D eigenvalue weighted by Gasteiger charge is 2.42. The van der Waals surface area contributed by atoms with Gasteiger partial charge >= 0.3 is 5.97 Å². The minimum Gasteiger partial charge on any atom is -0.489 e. The maximum Gasteiger partial charge on any atom is 0.311 e. The highest BCUT2D eigenvalue weighted by molar-refractivity contribution is 7.89. The van der Waals surface area contributed by atoms with Crippen molar-refractivity contribution in [3.05, 3.63) is 65.9 Å². The molecule has 192 valence electrons. The van der Waals surface area contributed by atoms with Gasteiger partial charge in [-0.05, 0) is 76.9 Å². The standard InChI is InChI=1S/C28H34N2O5S/c1-19-17-20(23-9-6-7-11-25(23)29-19)18-34-21-13-15-22(16-14-21)36(32,33)30(5)26-12-8-10-24(26)27(31)35-28(2,3)4/h6-7,9,11,13-17,24,26H,8,10,12,18H2,1-5H3/t24-,26+/m1/s1. The van der Waals surface area contributed by atoms with E-state index in [1.807, 2.05) is 58.0 Å². The first-order valence-electron chi connectivity index (χ1n) is 12.2. The summed E-state index contributed by atoms with van der Waals surface area (Å²) in [5.74, 6) is -0.234. The molecule has 0 aliphatic heterocycles. The van der Waals surface area contributed by atoms with Gasteiger partial charge in [-0.2, -0.15) is 4.31 Å². The monoisotopic (exact) mass is 510 g/mol. The molecule has 3 aromatic rings. The van der Waals surface area contributed by atoms with Crippen LogP contribution in [0.25, 0.3) is 10.9 Å². The van der Waals surface area contributed by atoms with Gasteiger partial charge in [0.1, 0.15) is 18.0 Å². The van der Waals surface area contributed by atoms with Crippen LogP contribution in [0.1, 0.15) is 51.3 Å². The summed E-state index contributed by atoms with van der Waals surface area (Å²) in [4.78, 5) is 17.4. The summed E-state index contributed by atoms with van der Waals surface area (Å²) in [6, 6.07) is 15.9. The Hall–Kier alpha value is -2.97. The number of pyridine rings is 1. The topological polar surface area (TPSA) is 85.8 Å². The summed E-state index contributed by atoms with van der Waals surface area (Å²) in [6.07, 6.45) is 2.03. The van der Waals surface area contributed by atoms with Gasteiger partial charge in [0.05, 0.1) is 16.3 Å². The first-order valence-corrected chi connectivity index (χ1v) is 13.7. The van der Waals surface area contributed by atoms with Gasteiger partial charge in [-0.15, -0.1) is 0 Å². The van der Waals surface area contributed by atoms with E-state index in [2.05, 4.69) is 4.98 Å². The summed E-state index contributed by atoms with van der Waals surface area (Å²) >= 11 is 0. The van der Waals surface area contributed by atoms with Gasteiger partial charge < -0.3 is 9.47 Å². The Kier molecular flexibility index (Phi) is 7.38. The van der Waals surface area contributed by atoms with Crippen LogP contribution >= 0.6 is 0 Å². The van der Waals surface area contributed by atoms with Gasteiger partial charge in [0, 0.05) is 29.7 Å². The molecule has 1 saturated carbocycles. The zero-order chi connectivity index (χ0) is 26.1. The quantitative estimate of drug-likeness (QED) is 0.404. The molecule has 36 heavy (non-hydrogen) atoms. The normalized spacial score (nSPS) is 18.5. The smallest absolute Gasteiger partial charge is 0.311 e. The molecule has 2 atom stereocenters. The Morgan fingerprint density at radius 3 is 2.47 bits per heavy atom. The SMILES string of the molecule is Cc1cc(COc2ccc(S(=O)(=O)N(C)[C@H]3CCC[C@H]3C(=O)OC(C)(C)C)cc2)c2ccccc2n1. The molecule has 0 N–H and O–H groups in total. The van der Waals surface area contributed by atoms with E-state index in [1.54, 1.807) is 31.3 Å². The highest BCUT2D eigenvalue weighted by Crippen LogP contribution is 2.34. The Bertz CT molecular complexity index is 1350. The van der Waals surface area contributed by atoms with Crippen molar-refractivity contribution in [3.8, 4) is 5.75 Å². The highest BCUT2D eigenvalue weighted by atomic mass is 32.2. The summed E-state index contributed by atoms with van der Waals surface area (Å²) in [7, 11) is -2.24. The van der Waals surface area contributed by atoms with Crippen molar-refractivity contribution in [1.29, 1.82) is 0 Å². The van der Waals surface area contributed by atoms with E-state index >= 15 is 0 Å². The summed E-state index contributed by atoms with van der Waals surface area (Å²) in [6.45, 7) is 7.74. The molecule has 0 bridgehead atoms. The fourth-order valence-corrected chi connectivity index (χ4v) is 6.18. The number of fused-ring (bicyclic) bond motifs is 1. The first-order chi connectivity index (χ1) is 17.0. The van der Waals surface area contributed by atoms with E-state index in [-0.39, 0.29) is 10.9 Å². The zero-order valence-electron chi connectivity index (χ0n) is 21.5. The molecule has 0 saturated heterocycles. The second-order valence-corrected chi connectivity index (χ2v) is 12.4. The molecule has 0 spiro atoms. The van der Waals surface area contributed by atoms with Crippen molar-refractivity contribution in [3.63, 3.8) is 0 Å². The maximum atomic E-state index is 13.4. The number of aryl methyl sites for hydroxylation is 1. The maximum absolute atomic E-state index is 13.4. The molecule has 1 fully saturated rings. The Morgan fingerprint density at radius 1 is 1.08 bits per heavy atom. The number of esters is 1. The van der Waals surface area contributed by atoms with Crippen molar-refractivity contribution in [2.45, 2.75) is 70.1 Å². The molecule has 1 aliphatic carbocycles. The lowest BCUT2D eigenvalue weighted by Crippen LogP contribution is -2.43. The van der Waals surface area contributed by atoms with Crippen molar-refractivity contribution >= 4 is 26.9 Å². The third-order valence-electron chi connectivity index (χ3n) is 6.48. The number of rotatable bonds is 7.